The Kier molecular flexibility index (Phi) is 4.31. The summed E-state index contributed by atoms with van der Waals surface area (Å²) in [7, 11) is 0. The van der Waals surface area contributed by atoms with Crippen molar-refractivity contribution in [1.29, 1.82) is 0 Å². The van der Waals surface area contributed by atoms with Crippen molar-refractivity contribution in [2.24, 2.45) is 0 Å². The van der Waals surface area contributed by atoms with Crippen LogP contribution in [0.25, 0.3) is 0 Å². The quantitative estimate of drug-likeness (QED) is 0.903. The van der Waals surface area contributed by atoms with Gasteiger partial charge in [0.1, 0.15) is 0 Å². The molecule has 0 saturated carbocycles. The monoisotopic (exact) mass is 293 g/mol. The van der Waals surface area contributed by atoms with Crippen LogP contribution in [0.3, 0.4) is 0 Å². The van der Waals surface area contributed by atoms with E-state index in [0.29, 0.717) is 0 Å². The van der Waals surface area contributed by atoms with Gasteiger partial charge in [-0.25, -0.2) is 0 Å². The Bertz CT molecular complexity index is 633. The first-order valence-electron chi connectivity index (χ1n) is 6.37. The van der Waals surface area contributed by atoms with Gasteiger partial charge in [-0.3, -0.25) is 4.79 Å². The Balaban J connectivity index is 2.04. The van der Waals surface area contributed by atoms with Gasteiger partial charge in [0.05, 0.1) is 12.0 Å². The molecule has 0 heterocycles. The van der Waals surface area contributed by atoms with Crippen molar-refractivity contribution < 1.29 is 18.0 Å². The number of amides is 1. The molecule has 21 heavy (non-hydrogen) atoms. The van der Waals surface area contributed by atoms with Gasteiger partial charge in [-0.2, -0.15) is 13.2 Å². The van der Waals surface area contributed by atoms with E-state index in [9.17, 15) is 18.0 Å². The minimum Gasteiger partial charge on any atom is -0.326 e. The Morgan fingerprint density at radius 3 is 2.38 bits per heavy atom. The van der Waals surface area contributed by atoms with E-state index in [-0.39, 0.29) is 18.0 Å². The number of anilines is 1. The van der Waals surface area contributed by atoms with Gasteiger partial charge in [-0.1, -0.05) is 35.9 Å². The van der Waals surface area contributed by atoms with Crippen LogP contribution in [-0.4, -0.2) is 5.91 Å². The van der Waals surface area contributed by atoms with E-state index in [2.05, 4.69) is 5.32 Å². The van der Waals surface area contributed by atoms with Gasteiger partial charge < -0.3 is 5.32 Å². The van der Waals surface area contributed by atoms with Gasteiger partial charge in [0, 0.05) is 5.69 Å². The SMILES string of the molecule is Cc1ccc(CC(=O)Nc2cccc(C(F)(F)F)c2)cc1. The fourth-order valence-corrected chi connectivity index (χ4v) is 1.87. The number of carbonyl (C=O) groups is 1. The van der Waals surface area contributed by atoms with Gasteiger partial charge in [-0.15, -0.1) is 0 Å². The molecule has 5 heteroatoms. The van der Waals surface area contributed by atoms with Crippen LogP contribution in [-0.2, 0) is 17.4 Å². The number of carbonyl (C=O) groups excluding carboxylic acids is 1. The van der Waals surface area contributed by atoms with Gasteiger partial charge in [-0.05, 0) is 30.7 Å². The first-order chi connectivity index (χ1) is 9.84. The summed E-state index contributed by atoms with van der Waals surface area (Å²) in [4.78, 5) is 11.8. The number of nitrogens with one attached hydrogen (secondary N) is 1. The number of alkyl halides is 3. The number of benzene rings is 2. The number of aryl methyl sites for hydroxylation is 1. The van der Waals surface area contributed by atoms with Crippen molar-refractivity contribution in [3.8, 4) is 0 Å². The van der Waals surface area contributed by atoms with Crippen LogP contribution in [0.15, 0.2) is 48.5 Å². The lowest BCUT2D eigenvalue weighted by atomic mass is 10.1. The third-order valence-corrected chi connectivity index (χ3v) is 2.96. The highest BCUT2D eigenvalue weighted by Gasteiger charge is 2.30. The highest BCUT2D eigenvalue weighted by molar-refractivity contribution is 5.92. The minimum atomic E-state index is -4.42. The average Bonchev–Trinajstić information content (AvgIpc) is 2.41. The van der Waals surface area contributed by atoms with Crippen LogP contribution in [0.5, 0.6) is 0 Å². The predicted molar refractivity (Wildman–Crippen MR) is 75.0 cm³/mol. The average molecular weight is 293 g/mol. The van der Waals surface area contributed by atoms with Gasteiger partial charge in [0.2, 0.25) is 5.91 Å². The maximum Gasteiger partial charge on any atom is 0.416 e. The summed E-state index contributed by atoms with van der Waals surface area (Å²) in [6.45, 7) is 1.94. The molecule has 1 amide bonds. The molecule has 0 aromatic heterocycles. The molecule has 1 N–H and O–H groups in total. The molecule has 2 aromatic carbocycles. The van der Waals surface area contributed by atoms with Gasteiger partial charge in [0.25, 0.3) is 0 Å². The Hall–Kier alpha value is -2.30. The third-order valence-electron chi connectivity index (χ3n) is 2.96. The molecule has 0 aliphatic rings. The zero-order valence-corrected chi connectivity index (χ0v) is 11.4. The molecule has 0 aliphatic carbocycles. The van der Waals surface area contributed by atoms with Gasteiger partial charge in [0.15, 0.2) is 0 Å². The lowest BCUT2D eigenvalue weighted by Crippen LogP contribution is -2.15. The van der Waals surface area contributed by atoms with Crippen LogP contribution >= 0.6 is 0 Å². The zero-order valence-electron chi connectivity index (χ0n) is 11.4. The van der Waals surface area contributed by atoms with E-state index in [1.54, 1.807) is 0 Å². The van der Waals surface area contributed by atoms with Crippen LogP contribution in [0.2, 0.25) is 0 Å². The van der Waals surface area contributed by atoms with E-state index < -0.39 is 11.7 Å². The van der Waals surface area contributed by atoms with Gasteiger partial charge >= 0.3 is 6.18 Å². The Labute approximate surface area is 120 Å². The maximum atomic E-state index is 12.6. The number of hydrogen-bond acceptors (Lipinski definition) is 1. The summed E-state index contributed by atoms with van der Waals surface area (Å²) < 4.78 is 37.7. The predicted octanol–water partition coefficient (Wildman–Crippen LogP) is 4.20. The van der Waals surface area contributed by atoms with Crippen LogP contribution in [0.4, 0.5) is 18.9 Å². The number of halogens is 3. The topological polar surface area (TPSA) is 29.1 Å². The molecule has 0 fully saturated rings. The minimum absolute atomic E-state index is 0.122. The smallest absolute Gasteiger partial charge is 0.326 e. The molecule has 0 unspecified atom stereocenters. The lowest BCUT2D eigenvalue weighted by Gasteiger charge is -2.10. The molecule has 2 nitrogen and oxygen atoms in total. The molecular weight excluding hydrogens is 279 g/mol. The van der Waals surface area contributed by atoms with Crippen LogP contribution in [0, 0.1) is 6.92 Å². The largest absolute Gasteiger partial charge is 0.416 e. The number of hydrogen-bond donors (Lipinski definition) is 1. The van der Waals surface area contributed by atoms with Crippen LogP contribution < -0.4 is 5.32 Å². The van der Waals surface area contributed by atoms with Crippen molar-refractivity contribution >= 4 is 11.6 Å². The van der Waals surface area contributed by atoms with E-state index >= 15 is 0 Å². The second kappa shape index (κ2) is 5.99. The third kappa shape index (κ3) is 4.34. The molecule has 0 atom stereocenters. The highest BCUT2D eigenvalue weighted by Crippen LogP contribution is 2.30. The maximum absolute atomic E-state index is 12.6. The summed E-state index contributed by atoms with van der Waals surface area (Å²) in [6.07, 6.45) is -4.30. The standard InChI is InChI=1S/C16H14F3NO/c1-11-5-7-12(8-6-11)9-15(21)20-14-4-2-3-13(10-14)16(17,18)19/h2-8,10H,9H2,1H3,(H,20,21). The molecule has 0 spiro atoms. The Morgan fingerprint density at radius 1 is 1.10 bits per heavy atom. The highest BCUT2D eigenvalue weighted by atomic mass is 19.4. The molecular formula is C16H14F3NO. The molecule has 0 saturated heterocycles. The summed E-state index contributed by atoms with van der Waals surface area (Å²) in [6, 6.07) is 12.0. The summed E-state index contributed by atoms with van der Waals surface area (Å²) in [5, 5.41) is 2.48. The second-order valence-corrected chi connectivity index (χ2v) is 4.79. The molecule has 0 radical (unpaired) electrons. The van der Waals surface area contributed by atoms with Crippen molar-refractivity contribution in [3.05, 3.63) is 65.2 Å². The normalized spacial score (nSPS) is 11.2. The van der Waals surface area contributed by atoms with Crippen molar-refractivity contribution in [3.63, 3.8) is 0 Å². The fraction of sp³-hybridized carbons (Fsp3) is 0.188. The fourth-order valence-electron chi connectivity index (χ4n) is 1.87. The molecule has 0 aliphatic heterocycles. The summed E-state index contributed by atoms with van der Waals surface area (Å²) in [5.74, 6) is -0.349. The van der Waals surface area contributed by atoms with Crippen molar-refractivity contribution in [1.82, 2.24) is 0 Å². The summed E-state index contributed by atoms with van der Waals surface area (Å²) in [5.41, 5.74) is 1.25. The van der Waals surface area contributed by atoms with E-state index in [4.69, 9.17) is 0 Å². The van der Waals surface area contributed by atoms with Crippen LogP contribution in [0.1, 0.15) is 16.7 Å². The van der Waals surface area contributed by atoms with E-state index in [1.165, 1.54) is 12.1 Å². The second-order valence-electron chi connectivity index (χ2n) is 4.79. The molecule has 2 rings (SSSR count). The lowest BCUT2D eigenvalue weighted by molar-refractivity contribution is -0.137. The zero-order chi connectivity index (χ0) is 15.5. The van der Waals surface area contributed by atoms with Crippen molar-refractivity contribution in [2.45, 2.75) is 19.5 Å². The molecule has 110 valence electrons. The Morgan fingerprint density at radius 2 is 1.76 bits per heavy atom. The molecule has 0 bridgehead atoms. The van der Waals surface area contributed by atoms with Crippen molar-refractivity contribution in [2.75, 3.05) is 5.32 Å². The van der Waals surface area contributed by atoms with E-state index in [0.717, 1.165) is 23.3 Å². The number of rotatable bonds is 3. The molecule has 2 aromatic rings. The first-order valence-corrected chi connectivity index (χ1v) is 6.37. The van der Waals surface area contributed by atoms with E-state index in [1.807, 2.05) is 31.2 Å². The summed E-state index contributed by atoms with van der Waals surface area (Å²) >= 11 is 0. The first kappa shape index (κ1) is 15.1.